The smallest absolute Gasteiger partial charge is 0.420 e. The van der Waals surface area contributed by atoms with Gasteiger partial charge in [0.05, 0.1) is 6.54 Å². The summed E-state index contributed by atoms with van der Waals surface area (Å²) in [6.45, 7) is 3.64. The van der Waals surface area contributed by atoms with Crippen LogP contribution in [0.2, 0.25) is 0 Å². The number of amides is 1. The van der Waals surface area contributed by atoms with Gasteiger partial charge in [0.2, 0.25) is 0 Å². The minimum atomic E-state index is -1.15. The van der Waals surface area contributed by atoms with E-state index in [1.165, 1.54) is 6.08 Å². The maximum absolute atomic E-state index is 9.63. The van der Waals surface area contributed by atoms with Crippen LogP contribution < -0.4 is 10.9 Å². The second-order valence-electron chi connectivity index (χ2n) is 1.05. The van der Waals surface area contributed by atoms with Crippen molar-refractivity contribution in [3.63, 3.8) is 0 Å². The molecule has 1 amide bonds. The molecule has 0 spiro atoms. The third kappa shape index (κ3) is 4.97. The first-order valence-corrected chi connectivity index (χ1v) is 2.03. The standard InChI is InChI=1S/C4H7N2O2/c1-2-3-5-6-4(7)8/h2,6H,1,3H2,(H,7,8). The number of nitrogens with one attached hydrogen (secondary N) is 1. The highest BCUT2D eigenvalue weighted by Crippen LogP contribution is 1.58. The summed E-state index contributed by atoms with van der Waals surface area (Å²) in [5.74, 6) is 0. The van der Waals surface area contributed by atoms with Gasteiger partial charge in [0, 0.05) is 0 Å². The Morgan fingerprint density at radius 1 is 2.00 bits per heavy atom. The molecule has 0 bridgehead atoms. The van der Waals surface area contributed by atoms with Crippen molar-refractivity contribution in [2.24, 2.45) is 0 Å². The molecule has 0 aromatic carbocycles. The van der Waals surface area contributed by atoms with Crippen molar-refractivity contribution in [3.05, 3.63) is 12.7 Å². The summed E-state index contributed by atoms with van der Waals surface area (Å²) < 4.78 is 0. The summed E-state index contributed by atoms with van der Waals surface area (Å²) in [7, 11) is 0. The molecule has 4 heteroatoms. The SMILES string of the molecule is C=CC[N]NC(=O)O. The summed E-state index contributed by atoms with van der Waals surface area (Å²) in [5, 5.41) is 7.90. The van der Waals surface area contributed by atoms with E-state index >= 15 is 0 Å². The number of hydrogen-bond acceptors (Lipinski definition) is 1. The molecular weight excluding hydrogens is 108 g/mol. The van der Waals surface area contributed by atoms with Gasteiger partial charge in [0.15, 0.2) is 0 Å². The first-order valence-electron chi connectivity index (χ1n) is 2.03. The minimum absolute atomic E-state index is 0.312. The lowest BCUT2D eigenvalue weighted by Gasteiger charge is -1.92. The van der Waals surface area contributed by atoms with Crippen LogP contribution in [0.5, 0.6) is 0 Å². The van der Waals surface area contributed by atoms with Gasteiger partial charge in [-0.2, -0.15) is 0 Å². The van der Waals surface area contributed by atoms with Crippen LogP contribution in [0.25, 0.3) is 0 Å². The highest BCUT2D eigenvalue weighted by atomic mass is 16.4. The van der Waals surface area contributed by atoms with Crippen molar-refractivity contribution >= 4 is 6.09 Å². The van der Waals surface area contributed by atoms with Crippen molar-refractivity contribution in [1.29, 1.82) is 0 Å². The van der Waals surface area contributed by atoms with E-state index in [-0.39, 0.29) is 0 Å². The van der Waals surface area contributed by atoms with Crippen molar-refractivity contribution in [1.82, 2.24) is 10.9 Å². The van der Waals surface area contributed by atoms with Crippen LogP contribution in [-0.2, 0) is 0 Å². The Morgan fingerprint density at radius 2 is 2.62 bits per heavy atom. The van der Waals surface area contributed by atoms with Crippen LogP contribution in [0.3, 0.4) is 0 Å². The average Bonchev–Trinajstić information content (AvgIpc) is 1.66. The third-order valence-corrected chi connectivity index (χ3v) is 0.395. The van der Waals surface area contributed by atoms with Crippen molar-refractivity contribution < 1.29 is 9.90 Å². The molecule has 0 aromatic rings. The quantitative estimate of drug-likeness (QED) is 0.308. The number of hydrogen-bond donors (Lipinski definition) is 2. The number of rotatable bonds is 3. The topological polar surface area (TPSA) is 63.4 Å². The molecule has 45 valence electrons. The van der Waals surface area contributed by atoms with E-state index in [0.717, 1.165) is 0 Å². The van der Waals surface area contributed by atoms with Gasteiger partial charge in [-0.15, -0.1) is 12.0 Å². The lowest BCUT2D eigenvalue weighted by atomic mass is 10.7. The van der Waals surface area contributed by atoms with Crippen molar-refractivity contribution in [2.45, 2.75) is 0 Å². The largest absolute Gasteiger partial charge is 0.464 e. The molecule has 0 heterocycles. The summed E-state index contributed by atoms with van der Waals surface area (Å²) in [4.78, 5) is 9.63. The second-order valence-corrected chi connectivity index (χ2v) is 1.05. The van der Waals surface area contributed by atoms with Gasteiger partial charge in [-0.1, -0.05) is 6.08 Å². The fourth-order valence-corrected chi connectivity index (χ4v) is 0.178. The molecule has 0 unspecified atom stereocenters. The Bertz CT molecular complexity index is 92.0. The Kier molecular flexibility index (Phi) is 3.60. The lowest BCUT2D eigenvalue weighted by Crippen LogP contribution is -2.29. The Balaban J connectivity index is 2.93. The highest BCUT2D eigenvalue weighted by molar-refractivity contribution is 5.63. The normalized spacial score (nSPS) is 8.00. The van der Waals surface area contributed by atoms with Crippen LogP contribution >= 0.6 is 0 Å². The zero-order valence-electron chi connectivity index (χ0n) is 4.29. The molecule has 0 aliphatic carbocycles. The Morgan fingerprint density at radius 3 is 3.00 bits per heavy atom. The van der Waals surface area contributed by atoms with E-state index < -0.39 is 6.09 Å². The number of nitrogens with zero attached hydrogens (tertiary/aromatic N) is 1. The second kappa shape index (κ2) is 4.14. The Labute approximate surface area is 47.2 Å². The van der Waals surface area contributed by atoms with Gasteiger partial charge in [0.1, 0.15) is 0 Å². The average molecular weight is 115 g/mol. The van der Waals surface area contributed by atoms with E-state index in [2.05, 4.69) is 12.0 Å². The Hall–Kier alpha value is -1.03. The van der Waals surface area contributed by atoms with Crippen LogP contribution in [0, 0.1) is 0 Å². The molecule has 0 aromatic heterocycles. The van der Waals surface area contributed by atoms with Gasteiger partial charge in [-0.05, 0) is 0 Å². The molecule has 2 N–H and O–H groups in total. The highest BCUT2D eigenvalue weighted by Gasteiger charge is 1.88. The molecule has 0 saturated heterocycles. The molecule has 8 heavy (non-hydrogen) atoms. The summed E-state index contributed by atoms with van der Waals surface area (Å²) in [5.41, 5.74) is 5.14. The number of carboxylic acid groups (broad SMARTS) is 1. The molecule has 1 radical (unpaired) electrons. The summed E-state index contributed by atoms with van der Waals surface area (Å²) >= 11 is 0. The zero-order chi connectivity index (χ0) is 6.41. The molecule has 0 fully saturated rings. The van der Waals surface area contributed by atoms with Crippen LogP contribution in [0.4, 0.5) is 4.79 Å². The predicted octanol–water partition coefficient (Wildman–Crippen LogP) is -0.0406. The first-order chi connectivity index (χ1) is 3.77. The number of carbonyl (C=O) groups is 1. The van der Waals surface area contributed by atoms with Gasteiger partial charge in [-0.3, -0.25) is 0 Å². The maximum Gasteiger partial charge on any atom is 0.420 e. The molecule has 0 aliphatic rings. The maximum atomic E-state index is 9.63. The fourth-order valence-electron chi connectivity index (χ4n) is 0.178. The molecule has 0 rings (SSSR count). The van der Waals surface area contributed by atoms with Crippen LogP contribution in [0.1, 0.15) is 0 Å². The lowest BCUT2D eigenvalue weighted by molar-refractivity contribution is 0.189. The summed E-state index contributed by atoms with van der Waals surface area (Å²) in [6, 6.07) is 0. The summed E-state index contributed by atoms with van der Waals surface area (Å²) in [6.07, 6.45) is 0.350. The van der Waals surface area contributed by atoms with Crippen molar-refractivity contribution in [3.8, 4) is 0 Å². The van der Waals surface area contributed by atoms with E-state index in [0.29, 0.717) is 6.54 Å². The fraction of sp³-hybridized carbons (Fsp3) is 0.250. The molecule has 0 saturated carbocycles. The van der Waals surface area contributed by atoms with Crippen LogP contribution in [-0.4, -0.2) is 17.7 Å². The monoisotopic (exact) mass is 115 g/mol. The van der Waals surface area contributed by atoms with E-state index in [4.69, 9.17) is 5.11 Å². The van der Waals surface area contributed by atoms with Gasteiger partial charge >= 0.3 is 6.09 Å². The first kappa shape index (κ1) is 6.97. The van der Waals surface area contributed by atoms with E-state index in [1.807, 2.05) is 5.43 Å². The van der Waals surface area contributed by atoms with Gasteiger partial charge in [0.25, 0.3) is 0 Å². The molecule has 4 nitrogen and oxygen atoms in total. The van der Waals surface area contributed by atoms with E-state index in [9.17, 15) is 4.79 Å². The molecule has 0 atom stereocenters. The van der Waals surface area contributed by atoms with Gasteiger partial charge < -0.3 is 5.11 Å². The minimum Gasteiger partial charge on any atom is -0.464 e. The zero-order valence-corrected chi connectivity index (χ0v) is 4.29. The van der Waals surface area contributed by atoms with Gasteiger partial charge in [-0.25, -0.2) is 10.2 Å². The van der Waals surface area contributed by atoms with Crippen LogP contribution in [0.15, 0.2) is 12.7 Å². The predicted molar refractivity (Wildman–Crippen MR) is 28.4 cm³/mol. The molecule has 0 aliphatic heterocycles. The molecular formula is C4H7N2O2. The van der Waals surface area contributed by atoms with E-state index in [1.54, 1.807) is 0 Å². The van der Waals surface area contributed by atoms with Crippen molar-refractivity contribution in [2.75, 3.05) is 6.54 Å². The third-order valence-electron chi connectivity index (χ3n) is 0.395.